The molecule has 0 aromatic rings. The Labute approximate surface area is 721 Å². The quantitative estimate of drug-likeness (QED) is 0.0275. The molecule has 123 heavy (non-hydrogen) atoms. The maximum Gasteiger partial charge on any atom is 0.248 e. The molecule has 23 N–H and O–H groups in total. The summed E-state index contributed by atoms with van der Waals surface area (Å²) in [5.41, 5.74) is -3.29. The molecule has 0 aliphatic carbocycles. The average Bonchev–Trinajstić information content (AvgIpc) is 1.57. The van der Waals surface area contributed by atoms with Gasteiger partial charge in [-0.1, -0.05) is 62.3 Å². The Balaban J connectivity index is 3.27. The third-order valence-corrected chi connectivity index (χ3v) is 20.4. The molecule has 42 heteroatoms. The van der Waals surface area contributed by atoms with Gasteiger partial charge in [0.05, 0.1) is 25.8 Å². The predicted molar refractivity (Wildman–Crippen MR) is 451 cm³/mol. The number of aliphatic hydroxyl groups is 2. The fourth-order valence-corrected chi connectivity index (χ4v) is 12.4. The lowest BCUT2D eigenvalue weighted by Gasteiger charge is -2.35. The Morgan fingerprint density at radius 3 is 1.16 bits per heavy atom. The van der Waals surface area contributed by atoms with E-state index in [1.54, 1.807) is 55.4 Å². The number of aliphatic hydroxyl groups excluding tert-OH is 2. The fraction of sp³-hybridized carbons (Fsp3) is 0.753. The van der Waals surface area contributed by atoms with E-state index in [4.69, 9.17) is 11.5 Å². The van der Waals surface area contributed by atoms with Gasteiger partial charge in [-0.15, -0.1) is 0 Å². The maximum atomic E-state index is 14.5. The van der Waals surface area contributed by atoms with Crippen LogP contribution in [-0.4, -0.2) is 258 Å². The van der Waals surface area contributed by atoms with Crippen molar-refractivity contribution in [3.63, 3.8) is 0 Å². The molecular weight excluding hydrogens is 1610 g/mol. The number of hydrogen-bond acceptors (Lipinski definition) is 22. The van der Waals surface area contributed by atoms with Crippen molar-refractivity contribution in [1.82, 2.24) is 95.3 Å². The van der Waals surface area contributed by atoms with Crippen LogP contribution in [0.15, 0.2) is 0 Å². The molecule has 1 saturated heterocycles. The first-order valence-electron chi connectivity index (χ1n) is 41.5. The van der Waals surface area contributed by atoms with Crippen molar-refractivity contribution in [2.24, 2.45) is 35.1 Å². The molecule has 10 atom stereocenters. The molecule has 1 heterocycles. The highest BCUT2D eigenvalue weighted by atomic mass is 16.3. The third-order valence-electron chi connectivity index (χ3n) is 20.4. The molecule has 698 valence electrons. The number of nitrogens with two attached hydrogens (primary N) is 2. The van der Waals surface area contributed by atoms with E-state index in [0.717, 1.165) is 0 Å². The first-order valence-corrected chi connectivity index (χ1v) is 41.5. The van der Waals surface area contributed by atoms with Crippen molar-refractivity contribution in [3.8, 4) is 0 Å². The van der Waals surface area contributed by atoms with Crippen LogP contribution in [0, 0.1) is 23.7 Å². The van der Waals surface area contributed by atoms with Gasteiger partial charge in [0.15, 0.2) is 0 Å². The number of likely N-dealkylation sites (tertiary alicyclic amines) is 1. The van der Waals surface area contributed by atoms with Crippen molar-refractivity contribution < 1.29 is 106 Å². The minimum absolute atomic E-state index is 0.0276. The van der Waals surface area contributed by atoms with Crippen LogP contribution in [0.3, 0.4) is 0 Å². The highest BCUT2D eigenvalue weighted by Gasteiger charge is 2.48. The van der Waals surface area contributed by atoms with E-state index in [-0.39, 0.29) is 75.2 Å². The summed E-state index contributed by atoms with van der Waals surface area (Å²) in [6, 6.07) is -11.6. The zero-order chi connectivity index (χ0) is 95.6. The number of hydrogen-bond donors (Lipinski definition) is 21. The Kier molecular flexibility index (Phi) is 41.9. The van der Waals surface area contributed by atoms with Crippen LogP contribution < -0.4 is 102 Å². The van der Waals surface area contributed by atoms with Gasteiger partial charge in [-0.3, -0.25) is 95.9 Å². The molecule has 1 aliphatic rings. The lowest BCUT2D eigenvalue weighted by Crippen LogP contribution is -2.67. The molecule has 0 bridgehead atoms. The Morgan fingerprint density at radius 1 is 0.382 bits per heavy atom. The van der Waals surface area contributed by atoms with E-state index in [1.807, 2.05) is 0 Å². The second-order valence-corrected chi connectivity index (χ2v) is 37.1. The van der Waals surface area contributed by atoms with Crippen molar-refractivity contribution in [1.29, 1.82) is 0 Å². The minimum atomic E-state index is -1.90. The zero-order valence-corrected chi connectivity index (χ0v) is 76.6. The van der Waals surface area contributed by atoms with Crippen molar-refractivity contribution in [3.05, 3.63) is 0 Å². The van der Waals surface area contributed by atoms with Crippen LogP contribution in [0.25, 0.3) is 0 Å². The highest BCUT2D eigenvalue weighted by molar-refractivity contribution is 6.04. The van der Waals surface area contributed by atoms with Crippen molar-refractivity contribution >= 4 is 118 Å². The lowest BCUT2D eigenvalue weighted by molar-refractivity contribution is -0.145. The molecule has 1 fully saturated rings. The molecule has 0 radical (unpaired) electrons. The van der Waals surface area contributed by atoms with E-state index in [9.17, 15) is 106 Å². The summed E-state index contributed by atoms with van der Waals surface area (Å²) in [6.07, 6.45) is -0.949. The Bertz CT molecular complexity index is 3850. The fourth-order valence-electron chi connectivity index (χ4n) is 12.4. The molecule has 0 saturated carbocycles. The Morgan fingerprint density at radius 2 is 0.740 bits per heavy atom. The number of rotatable bonds is 50. The van der Waals surface area contributed by atoms with Gasteiger partial charge in [-0.25, -0.2) is 0 Å². The molecule has 0 aromatic heterocycles. The van der Waals surface area contributed by atoms with Crippen LogP contribution in [0.4, 0.5) is 0 Å². The first-order chi connectivity index (χ1) is 56.1. The molecule has 1 aliphatic heterocycles. The molecule has 0 unspecified atom stereocenters. The molecule has 20 amide bonds. The first kappa shape index (κ1) is 110. The van der Waals surface area contributed by atoms with Gasteiger partial charge < -0.3 is 117 Å². The molecule has 0 aromatic carbocycles. The van der Waals surface area contributed by atoms with E-state index in [1.165, 1.54) is 130 Å². The number of nitrogens with zero attached hydrogens (tertiary/aromatic N) is 1. The largest absolute Gasteiger partial charge is 0.394 e. The number of nitrogens with one attached hydrogen (secondary N) is 17. The van der Waals surface area contributed by atoms with E-state index in [0.29, 0.717) is 6.42 Å². The SMILES string of the molecule is CC[C@@](C)(NC(=O)C(C)(C)NC(=O)[C@H](C)NC(=O)[C@@H](CO)NC(=O)C(C)(C)NC(C)=O)C(=O)N[C@H](CCC(N)=O)C(=O)NC(C)(C)C(=O)N[C@@H](CC(C)C)C(=O)NC(C)(C)C(=O)NCC(=O)N[C@H](CC(C)C)C(=O)NC(C)(C)C(=O)N1CCC[C@@H]1C(=O)N[C@H](CC(C)C)C(=O)NC(C)(C)C(=O)NC(C)(C)C(=O)N[C@H](CCC(N)=O)C(=O)N[C@@H](CO)C(C)C. The van der Waals surface area contributed by atoms with Crippen molar-refractivity contribution in [2.45, 2.75) is 343 Å². The van der Waals surface area contributed by atoms with Gasteiger partial charge in [0.2, 0.25) is 118 Å². The smallest absolute Gasteiger partial charge is 0.248 e. The number of carbonyl (C=O) groups is 20. The summed E-state index contributed by atoms with van der Waals surface area (Å²) in [7, 11) is 0. The normalized spacial score (nSPS) is 15.8. The van der Waals surface area contributed by atoms with Gasteiger partial charge in [-0.2, -0.15) is 0 Å². The second-order valence-electron chi connectivity index (χ2n) is 37.1. The van der Waals surface area contributed by atoms with E-state index < -0.39 is 249 Å². The van der Waals surface area contributed by atoms with Gasteiger partial charge in [-0.05, 0) is 186 Å². The van der Waals surface area contributed by atoms with Crippen LogP contribution in [-0.2, 0) is 95.9 Å². The summed E-state index contributed by atoms with van der Waals surface area (Å²) < 4.78 is 0. The van der Waals surface area contributed by atoms with Crippen LogP contribution in [0.2, 0.25) is 0 Å². The van der Waals surface area contributed by atoms with Gasteiger partial charge in [0.1, 0.15) is 92.6 Å². The number of amides is 20. The molecule has 0 spiro atoms. The summed E-state index contributed by atoms with van der Waals surface area (Å²) >= 11 is 0. The summed E-state index contributed by atoms with van der Waals surface area (Å²) in [6.45, 7) is 36.0. The third kappa shape index (κ3) is 35.6. The highest BCUT2D eigenvalue weighted by Crippen LogP contribution is 2.25. The number of primary amides is 2. The predicted octanol–water partition coefficient (Wildman–Crippen LogP) is -4.13. The second kappa shape index (κ2) is 46.7. The molecular formula is C81H142N20O22. The summed E-state index contributed by atoms with van der Waals surface area (Å²) in [5, 5.41) is 63.0. The van der Waals surface area contributed by atoms with E-state index >= 15 is 0 Å². The Hall–Kier alpha value is -10.7. The number of carbonyl (C=O) groups excluding carboxylic acids is 20. The average molecular weight is 1750 g/mol. The van der Waals surface area contributed by atoms with Gasteiger partial charge in [0.25, 0.3) is 0 Å². The van der Waals surface area contributed by atoms with Crippen molar-refractivity contribution in [2.75, 3.05) is 26.3 Å². The molecule has 42 nitrogen and oxygen atoms in total. The summed E-state index contributed by atoms with van der Waals surface area (Å²) in [4.78, 5) is 273. The lowest BCUT2D eigenvalue weighted by atomic mass is 9.93. The topological polar surface area (TPSA) is 642 Å². The van der Waals surface area contributed by atoms with E-state index in [2.05, 4.69) is 90.4 Å². The van der Waals surface area contributed by atoms with Crippen LogP contribution >= 0.6 is 0 Å². The standard InChI is InChI=1S/C81H142N20O22/c1-27-81(26,100-71(121)79(22,23)94-58(108)45(10)85-60(110)53(40-103)92-67(117)75(14,15)93-46(11)104)72(122)90-48(31-33-56(83)106)61(111)95-76(16,17)68(118)91-51(37-43(6)7)64(114)96-74(12,13)66(116)84-38-57(107)86-49(35-41(2)3)62(112)98-80(24,25)73(123)101-34-28-29-54(101)65(115)87-50(36-42(4)5)63(113)97-78(20,21)70(120)99-77(18,19)69(119)89-47(30-32-55(82)105)59(109)88-52(39-102)44(8)9/h41-45,47-54,102-103H,27-40H2,1-26H3,(H2,82,105)(H2,83,106)(H,84,116)(H,85,110)(H,86,107)(H,87,115)(H,88,109)(H,89,119)(H,90,122)(H,91,118)(H,92,117)(H,93,104)(H,94,108)(H,95,111)(H,96,114)(H,97,113)(H,98,112)(H,99,120)(H,100,121)/t45-,47+,48+,49+,50+,51-,52-,53+,54+,81+/m0/s1. The minimum Gasteiger partial charge on any atom is -0.394 e. The van der Waals surface area contributed by atoms with Gasteiger partial charge >= 0.3 is 0 Å². The monoisotopic (exact) mass is 1750 g/mol. The summed E-state index contributed by atoms with van der Waals surface area (Å²) in [5.74, 6) is -17.7. The molecule has 1 rings (SSSR count). The van der Waals surface area contributed by atoms with Crippen LogP contribution in [0.5, 0.6) is 0 Å². The zero-order valence-electron chi connectivity index (χ0n) is 76.6. The maximum absolute atomic E-state index is 14.5. The van der Waals surface area contributed by atoms with Gasteiger partial charge in [0, 0.05) is 26.3 Å². The van der Waals surface area contributed by atoms with Crippen LogP contribution in [0.1, 0.15) is 244 Å².